The number of primary amides is 1. The van der Waals surface area contributed by atoms with Gasteiger partial charge in [-0.1, -0.05) is 29.8 Å². The standard InChI is InChI=1S/C20H19ClN2O5/c1-11(16-8-12-5-3-4-6-15(12)28-16)23-20(25)13-7-14(21)19(17(9-13)26-2)27-10-18(22)24/h3-9,11H,10H2,1-2H3,(H2,22,24)(H,23,25). The number of halogens is 1. The number of rotatable bonds is 7. The summed E-state index contributed by atoms with van der Waals surface area (Å²) in [5, 5.41) is 3.94. The highest BCUT2D eigenvalue weighted by molar-refractivity contribution is 6.32. The molecule has 8 heteroatoms. The molecule has 0 fully saturated rings. The zero-order valence-electron chi connectivity index (χ0n) is 15.3. The summed E-state index contributed by atoms with van der Waals surface area (Å²) in [6.45, 7) is 1.46. The zero-order chi connectivity index (χ0) is 20.3. The van der Waals surface area contributed by atoms with Gasteiger partial charge in [-0.05, 0) is 31.2 Å². The van der Waals surface area contributed by atoms with Gasteiger partial charge in [-0.25, -0.2) is 0 Å². The number of carbonyl (C=O) groups excluding carboxylic acids is 2. The number of nitrogens with one attached hydrogen (secondary N) is 1. The highest BCUT2D eigenvalue weighted by Crippen LogP contribution is 2.36. The molecule has 0 aliphatic heterocycles. The molecule has 0 saturated carbocycles. The average Bonchev–Trinajstić information content (AvgIpc) is 3.10. The fourth-order valence-corrected chi connectivity index (χ4v) is 2.97. The van der Waals surface area contributed by atoms with E-state index in [1.807, 2.05) is 37.3 Å². The van der Waals surface area contributed by atoms with Crippen molar-refractivity contribution in [3.8, 4) is 11.5 Å². The fourth-order valence-electron chi connectivity index (χ4n) is 2.70. The van der Waals surface area contributed by atoms with E-state index >= 15 is 0 Å². The van der Waals surface area contributed by atoms with Crippen LogP contribution < -0.4 is 20.5 Å². The number of nitrogens with two attached hydrogens (primary N) is 1. The lowest BCUT2D eigenvalue weighted by molar-refractivity contribution is -0.119. The molecule has 0 radical (unpaired) electrons. The van der Waals surface area contributed by atoms with E-state index in [9.17, 15) is 9.59 Å². The van der Waals surface area contributed by atoms with Crippen LogP contribution in [0.15, 0.2) is 46.9 Å². The number of furan rings is 1. The molecule has 3 aromatic rings. The van der Waals surface area contributed by atoms with Gasteiger partial charge in [0.2, 0.25) is 0 Å². The van der Waals surface area contributed by atoms with Gasteiger partial charge in [-0.3, -0.25) is 9.59 Å². The molecule has 3 rings (SSSR count). The van der Waals surface area contributed by atoms with E-state index in [1.54, 1.807) is 0 Å². The van der Waals surface area contributed by atoms with E-state index in [2.05, 4.69) is 5.32 Å². The van der Waals surface area contributed by atoms with Crippen molar-refractivity contribution >= 4 is 34.4 Å². The lowest BCUT2D eigenvalue weighted by Crippen LogP contribution is -2.26. The summed E-state index contributed by atoms with van der Waals surface area (Å²) in [6.07, 6.45) is 0. The fraction of sp³-hybridized carbons (Fsp3) is 0.200. The number of carbonyl (C=O) groups is 2. The number of amides is 2. The molecule has 0 aliphatic rings. The first-order valence-corrected chi connectivity index (χ1v) is 8.84. The second-order valence-electron chi connectivity index (χ2n) is 6.13. The van der Waals surface area contributed by atoms with Crippen molar-refractivity contribution in [3.63, 3.8) is 0 Å². The lowest BCUT2D eigenvalue weighted by atomic mass is 10.1. The van der Waals surface area contributed by atoms with Crippen molar-refractivity contribution in [2.75, 3.05) is 13.7 Å². The molecule has 7 nitrogen and oxygen atoms in total. The van der Waals surface area contributed by atoms with Crippen molar-refractivity contribution in [2.24, 2.45) is 5.73 Å². The number of fused-ring (bicyclic) bond motifs is 1. The van der Waals surface area contributed by atoms with Crippen molar-refractivity contribution in [1.29, 1.82) is 0 Å². The highest BCUT2D eigenvalue weighted by atomic mass is 35.5. The van der Waals surface area contributed by atoms with Gasteiger partial charge in [-0.15, -0.1) is 0 Å². The Kier molecular flexibility index (Phi) is 5.75. The molecule has 28 heavy (non-hydrogen) atoms. The molecule has 2 amide bonds. The summed E-state index contributed by atoms with van der Waals surface area (Å²) < 4.78 is 16.3. The monoisotopic (exact) mass is 402 g/mol. The number of hydrogen-bond acceptors (Lipinski definition) is 5. The van der Waals surface area contributed by atoms with E-state index in [4.69, 9.17) is 31.2 Å². The molecular formula is C20H19ClN2O5. The minimum atomic E-state index is -0.653. The SMILES string of the molecule is COc1cc(C(=O)NC(C)c2cc3ccccc3o2)cc(Cl)c1OCC(N)=O. The second kappa shape index (κ2) is 8.22. The van der Waals surface area contributed by atoms with Gasteiger partial charge in [0.05, 0.1) is 18.2 Å². The first kappa shape index (κ1) is 19.6. The topological polar surface area (TPSA) is 104 Å². The Morgan fingerprint density at radius 1 is 1.25 bits per heavy atom. The van der Waals surface area contributed by atoms with E-state index in [-0.39, 0.29) is 40.6 Å². The molecule has 146 valence electrons. The molecule has 3 N–H and O–H groups in total. The first-order valence-electron chi connectivity index (χ1n) is 8.47. The summed E-state index contributed by atoms with van der Waals surface area (Å²) in [5.41, 5.74) is 6.10. The van der Waals surface area contributed by atoms with Gasteiger partial charge >= 0.3 is 0 Å². The summed E-state index contributed by atoms with van der Waals surface area (Å²) in [6, 6.07) is 12.0. The van der Waals surface area contributed by atoms with Crippen LogP contribution in [0.25, 0.3) is 11.0 Å². The van der Waals surface area contributed by atoms with Crippen molar-refractivity contribution < 1.29 is 23.5 Å². The van der Waals surface area contributed by atoms with E-state index in [0.29, 0.717) is 5.76 Å². The molecule has 1 heterocycles. The molecule has 1 unspecified atom stereocenters. The van der Waals surface area contributed by atoms with Gasteiger partial charge < -0.3 is 24.9 Å². The normalized spacial score (nSPS) is 11.8. The van der Waals surface area contributed by atoms with Gasteiger partial charge in [0.15, 0.2) is 18.1 Å². The van der Waals surface area contributed by atoms with Crippen molar-refractivity contribution in [2.45, 2.75) is 13.0 Å². The maximum Gasteiger partial charge on any atom is 0.255 e. The highest BCUT2D eigenvalue weighted by Gasteiger charge is 2.19. The van der Waals surface area contributed by atoms with Crippen molar-refractivity contribution in [1.82, 2.24) is 5.32 Å². The molecule has 0 bridgehead atoms. The van der Waals surface area contributed by atoms with Crippen LogP contribution in [-0.2, 0) is 4.79 Å². The zero-order valence-corrected chi connectivity index (χ0v) is 16.1. The maximum absolute atomic E-state index is 12.7. The van der Waals surface area contributed by atoms with Crippen LogP contribution in [0.1, 0.15) is 29.1 Å². The predicted molar refractivity (Wildman–Crippen MR) is 105 cm³/mol. The Labute approximate surface area is 166 Å². The predicted octanol–water partition coefficient (Wildman–Crippen LogP) is 3.45. The number of methoxy groups -OCH3 is 1. The maximum atomic E-state index is 12.7. The number of para-hydroxylation sites is 1. The quantitative estimate of drug-likeness (QED) is 0.629. The third-order valence-corrected chi connectivity index (χ3v) is 4.35. The van der Waals surface area contributed by atoms with E-state index in [0.717, 1.165) is 11.0 Å². The molecular weight excluding hydrogens is 384 g/mol. The summed E-state index contributed by atoms with van der Waals surface area (Å²) in [5.74, 6) is -0.0247. The minimum Gasteiger partial charge on any atom is -0.493 e. The second-order valence-corrected chi connectivity index (χ2v) is 6.53. The smallest absolute Gasteiger partial charge is 0.255 e. The van der Waals surface area contributed by atoms with Crippen LogP contribution in [0.3, 0.4) is 0 Å². The Morgan fingerprint density at radius 2 is 2.00 bits per heavy atom. The number of benzene rings is 2. The Hall–Kier alpha value is -3.19. The number of hydrogen-bond donors (Lipinski definition) is 2. The molecule has 0 saturated heterocycles. The van der Waals surface area contributed by atoms with Crippen LogP contribution in [0.5, 0.6) is 11.5 Å². The molecule has 2 aromatic carbocycles. The summed E-state index contributed by atoms with van der Waals surface area (Å²) in [4.78, 5) is 23.6. The van der Waals surface area contributed by atoms with Crippen LogP contribution in [0.2, 0.25) is 5.02 Å². The van der Waals surface area contributed by atoms with Gasteiger partial charge in [-0.2, -0.15) is 0 Å². The summed E-state index contributed by atoms with van der Waals surface area (Å²) >= 11 is 6.19. The summed E-state index contributed by atoms with van der Waals surface area (Å²) in [7, 11) is 1.40. The van der Waals surface area contributed by atoms with Crippen molar-refractivity contribution in [3.05, 3.63) is 58.8 Å². The van der Waals surface area contributed by atoms with Gasteiger partial charge in [0.1, 0.15) is 11.3 Å². The number of ether oxygens (including phenoxy) is 2. The molecule has 1 atom stereocenters. The largest absolute Gasteiger partial charge is 0.493 e. The average molecular weight is 403 g/mol. The Morgan fingerprint density at radius 3 is 2.68 bits per heavy atom. The van der Waals surface area contributed by atoms with Crippen LogP contribution >= 0.6 is 11.6 Å². The Bertz CT molecular complexity index is 998. The minimum absolute atomic E-state index is 0.127. The van der Waals surface area contributed by atoms with Gasteiger partial charge in [0.25, 0.3) is 11.8 Å². The molecule has 0 spiro atoms. The first-order chi connectivity index (χ1) is 13.4. The van der Waals surface area contributed by atoms with Crippen LogP contribution in [-0.4, -0.2) is 25.5 Å². The molecule has 1 aromatic heterocycles. The molecule has 0 aliphatic carbocycles. The van der Waals surface area contributed by atoms with Crippen LogP contribution in [0.4, 0.5) is 0 Å². The van der Waals surface area contributed by atoms with E-state index in [1.165, 1.54) is 19.2 Å². The van der Waals surface area contributed by atoms with E-state index < -0.39 is 5.91 Å². The van der Waals surface area contributed by atoms with Gasteiger partial charge in [0, 0.05) is 10.9 Å². The lowest BCUT2D eigenvalue weighted by Gasteiger charge is -2.15. The Balaban J connectivity index is 1.79. The third-order valence-electron chi connectivity index (χ3n) is 4.07. The third kappa shape index (κ3) is 4.20. The van der Waals surface area contributed by atoms with Crippen LogP contribution in [0, 0.1) is 0 Å².